The monoisotopic (exact) mass is 283 g/mol. The number of aryl methyl sites for hydroxylation is 1. The van der Waals surface area contributed by atoms with Gasteiger partial charge in [0.1, 0.15) is 5.75 Å². The van der Waals surface area contributed by atoms with E-state index in [0.29, 0.717) is 12.3 Å². The summed E-state index contributed by atoms with van der Waals surface area (Å²) in [4.78, 5) is 0. The first-order valence-corrected chi connectivity index (χ1v) is 8.43. The van der Waals surface area contributed by atoms with Crippen molar-refractivity contribution in [3.63, 3.8) is 0 Å². The van der Waals surface area contributed by atoms with E-state index >= 15 is 0 Å². The van der Waals surface area contributed by atoms with E-state index in [9.17, 15) is 13.5 Å². The molecule has 0 amide bonds. The molecule has 2 atom stereocenters. The molecule has 0 saturated carbocycles. The SMILES string of the molecule is Cc1ccc(O)c(C(C)NCC2CCS(=O)(=O)C2)c1. The summed E-state index contributed by atoms with van der Waals surface area (Å²) in [5.41, 5.74) is 1.96. The van der Waals surface area contributed by atoms with Gasteiger partial charge >= 0.3 is 0 Å². The van der Waals surface area contributed by atoms with Crippen molar-refractivity contribution in [2.75, 3.05) is 18.1 Å². The van der Waals surface area contributed by atoms with E-state index in [0.717, 1.165) is 17.5 Å². The minimum Gasteiger partial charge on any atom is -0.508 e. The zero-order valence-corrected chi connectivity index (χ0v) is 12.2. The summed E-state index contributed by atoms with van der Waals surface area (Å²) in [6.07, 6.45) is 0.738. The van der Waals surface area contributed by atoms with Gasteiger partial charge in [-0.2, -0.15) is 0 Å². The summed E-state index contributed by atoms with van der Waals surface area (Å²) in [6, 6.07) is 5.54. The van der Waals surface area contributed by atoms with Crippen molar-refractivity contribution in [3.8, 4) is 5.75 Å². The molecule has 1 saturated heterocycles. The van der Waals surface area contributed by atoms with E-state index < -0.39 is 9.84 Å². The average Bonchev–Trinajstić information content (AvgIpc) is 2.69. The molecule has 1 heterocycles. The molecule has 0 aliphatic carbocycles. The first-order valence-electron chi connectivity index (χ1n) is 6.61. The number of nitrogens with one attached hydrogen (secondary N) is 1. The summed E-state index contributed by atoms with van der Waals surface area (Å²) < 4.78 is 22.8. The first-order chi connectivity index (χ1) is 8.87. The van der Waals surface area contributed by atoms with Crippen LogP contribution >= 0.6 is 0 Å². The molecular formula is C14H21NO3S. The summed E-state index contributed by atoms with van der Waals surface area (Å²) >= 11 is 0. The van der Waals surface area contributed by atoms with E-state index in [4.69, 9.17) is 0 Å². The van der Waals surface area contributed by atoms with Crippen LogP contribution in [-0.4, -0.2) is 31.6 Å². The minimum absolute atomic E-state index is 0.0169. The lowest BCUT2D eigenvalue weighted by molar-refractivity contribution is 0.437. The van der Waals surface area contributed by atoms with E-state index in [1.165, 1.54) is 0 Å². The zero-order chi connectivity index (χ0) is 14.0. The maximum atomic E-state index is 11.4. The fourth-order valence-corrected chi connectivity index (χ4v) is 4.37. The van der Waals surface area contributed by atoms with Gasteiger partial charge in [-0.25, -0.2) is 8.42 Å². The maximum absolute atomic E-state index is 11.4. The molecule has 0 spiro atoms. The van der Waals surface area contributed by atoms with Crippen molar-refractivity contribution < 1.29 is 13.5 Å². The van der Waals surface area contributed by atoms with Crippen molar-refractivity contribution in [1.82, 2.24) is 5.32 Å². The summed E-state index contributed by atoms with van der Waals surface area (Å²) in [5.74, 6) is 1.07. The molecule has 4 nitrogen and oxygen atoms in total. The van der Waals surface area contributed by atoms with Crippen LogP contribution in [0.25, 0.3) is 0 Å². The van der Waals surface area contributed by atoms with E-state index in [-0.39, 0.29) is 23.5 Å². The van der Waals surface area contributed by atoms with Crippen molar-refractivity contribution in [1.29, 1.82) is 0 Å². The molecule has 1 aliphatic rings. The first kappa shape index (κ1) is 14.3. The highest BCUT2D eigenvalue weighted by Gasteiger charge is 2.27. The van der Waals surface area contributed by atoms with Gasteiger partial charge in [-0.15, -0.1) is 0 Å². The Morgan fingerprint density at radius 1 is 1.47 bits per heavy atom. The van der Waals surface area contributed by atoms with Gasteiger partial charge in [0.2, 0.25) is 0 Å². The Morgan fingerprint density at radius 2 is 2.21 bits per heavy atom. The molecule has 2 N–H and O–H groups in total. The Kier molecular flexibility index (Phi) is 4.16. The molecule has 1 aromatic carbocycles. The fraction of sp³-hybridized carbons (Fsp3) is 0.571. The van der Waals surface area contributed by atoms with Crippen LogP contribution in [0.1, 0.15) is 30.5 Å². The van der Waals surface area contributed by atoms with Gasteiger partial charge in [-0.3, -0.25) is 0 Å². The minimum atomic E-state index is -2.81. The molecule has 2 rings (SSSR count). The van der Waals surface area contributed by atoms with Crippen molar-refractivity contribution >= 4 is 9.84 Å². The lowest BCUT2D eigenvalue weighted by Gasteiger charge is -2.18. The number of hydrogen-bond donors (Lipinski definition) is 2. The highest BCUT2D eigenvalue weighted by atomic mass is 32.2. The second-order valence-corrected chi connectivity index (χ2v) is 7.69. The number of sulfone groups is 1. The molecule has 5 heteroatoms. The molecule has 19 heavy (non-hydrogen) atoms. The standard InChI is InChI=1S/C14H21NO3S/c1-10-3-4-14(16)13(7-10)11(2)15-8-12-5-6-19(17,18)9-12/h3-4,7,11-12,15-16H,5-6,8-9H2,1-2H3. The highest BCUT2D eigenvalue weighted by Crippen LogP contribution is 2.26. The number of benzene rings is 1. The van der Waals surface area contributed by atoms with Gasteiger partial charge in [0, 0.05) is 11.6 Å². The number of phenolic OH excluding ortho intramolecular Hbond substituents is 1. The van der Waals surface area contributed by atoms with E-state index in [2.05, 4.69) is 5.32 Å². The maximum Gasteiger partial charge on any atom is 0.150 e. The van der Waals surface area contributed by atoms with Crippen LogP contribution < -0.4 is 5.32 Å². The normalized spacial score (nSPS) is 23.4. The number of rotatable bonds is 4. The van der Waals surface area contributed by atoms with Crippen LogP contribution in [0, 0.1) is 12.8 Å². The van der Waals surface area contributed by atoms with Crippen molar-refractivity contribution in [3.05, 3.63) is 29.3 Å². The highest BCUT2D eigenvalue weighted by molar-refractivity contribution is 7.91. The van der Waals surface area contributed by atoms with Crippen LogP contribution in [0.3, 0.4) is 0 Å². The fourth-order valence-electron chi connectivity index (χ4n) is 2.51. The molecule has 0 aromatic heterocycles. The van der Waals surface area contributed by atoms with E-state index in [1.807, 2.05) is 26.0 Å². The average molecular weight is 283 g/mol. The van der Waals surface area contributed by atoms with Gasteiger partial charge in [-0.1, -0.05) is 17.7 Å². The summed E-state index contributed by atoms with van der Waals surface area (Å²) in [7, 11) is -2.81. The van der Waals surface area contributed by atoms with Gasteiger partial charge in [0.25, 0.3) is 0 Å². The second kappa shape index (κ2) is 5.51. The van der Waals surface area contributed by atoms with Crippen LogP contribution in [0.15, 0.2) is 18.2 Å². The van der Waals surface area contributed by atoms with Crippen molar-refractivity contribution in [2.24, 2.45) is 5.92 Å². The summed E-state index contributed by atoms with van der Waals surface area (Å²) in [6.45, 7) is 4.64. The van der Waals surface area contributed by atoms with Crippen LogP contribution in [0.2, 0.25) is 0 Å². The topological polar surface area (TPSA) is 66.4 Å². The predicted octanol–water partition coefficient (Wildman–Crippen LogP) is 1.79. The molecule has 106 valence electrons. The quantitative estimate of drug-likeness (QED) is 0.884. The Hall–Kier alpha value is -1.07. The van der Waals surface area contributed by atoms with Gasteiger partial charge < -0.3 is 10.4 Å². The molecular weight excluding hydrogens is 262 g/mol. The van der Waals surface area contributed by atoms with Crippen molar-refractivity contribution in [2.45, 2.75) is 26.3 Å². The lowest BCUT2D eigenvalue weighted by atomic mass is 10.0. The third kappa shape index (κ3) is 3.70. The Bertz CT molecular complexity index is 554. The van der Waals surface area contributed by atoms with Gasteiger partial charge in [0.15, 0.2) is 9.84 Å². The lowest BCUT2D eigenvalue weighted by Crippen LogP contribution is -2.26. The van der Waals surface area contributed by atoms with E-state index in [1.54, 1.807) is 6.07 Å². The van der Waals surface area contributed by atoms with Gasteiger partial charge in [-0.05, 0) is 38.8 Å². The molecule has 1 aliphatic heterocycles. The molecule has 2 unspecified atom stereocenters. The number of phenols is 1. The second-order valence-electron chi connectivity index (χ2n) is 5.46. The third-order valence-corrected chi connectivity index (χ3v) is 5.53. The molecule has 1 aromatic rings. The number of hydrogen-bond acceptors (Lipinski definition) is 4. The van der Waals surface area contributed by atoms with Crippen LogP contribution in [-0.2, 0) is 9.84 Å². The smallest absolute Gasteiger partial charge is 0.150 e. The molecule has 0 radical (unpaired) electrons. The Balaban J connectivity index is 1.94. The predicted molar refractivity (Wildman–Crippen MR) is 76.0 cm³/mol. The Morgan fingerprint density at radius 3 is 2.84 bits per heavy atom. The van der Waals surface area contributed by atoms with Crippen LogP contribution in [0.5, 0.6) is 5.75 Å². The third-order valence-electron chi connectivity index (χ3n) is 3.69. The van der Waals surface area contributed by atoms with Gasteiger partial charge in [0.05, 0.1) is 11.5 Å². The zero-order valence-electron chi connectivity index (χ0n) is 11.4. The Labute approximate surface area is 114 Å². The summed E-state index contributed by atoms with van der Waals surface area (Å²) in [5, 5.41) is 13.2. The number of aromatic hydroxyl groups is 1. The molecule has 1 fully saturated rings. The largest absolute Gasteiger partial charge is 0.508 e. The molecule has 0 bridgehead atoms. The van der Waals surface area contributed by atoms with Crippen LogP contribution in [0.4, 0.5) is 0 Å².